The van der Waals surface area contributed by atoms with Crippen LogP contribution >= 0.6 is 0 Å². The fourth-order valence-corrected chi connectivity index (χ4v) is 2.82. The summed E-state index contributed by atoms with van der Waals surface area (Å²) in [4.78, 5) is 20.4. The van der Waals surface area contributed by atoms with E-state index in [4.69, 9.17) is 9.47 Å². The fourth-order valence-electron chi connectivity index (χ4n) is 2.82. The van der Waals surface area contributed by atoms with Gasteiger partial charge in [0.2, 0.25) is 0 Å². The molecule has 0 unspecified atom stereocenters. The molecule has 0 N–H and O–H groups in total. The lowest BCUT2D eigenvalue weighted by Gasteiger charge is -2.07. The van der Waals surface area contributed by atoms with Crippen molar-refractivity contribution in [2.75, 3.05) is 6.61 Å². The lowest BCUT2D eigenvalue weighted by Crippen LogP contribution is -2.08. The normalized spacial score (nSPS) is 10.6. The topological polar surface area (TPSA) is 61.3 Å². The smallest absolute Gasteiger partial charge is 0.311 e. The molecule has 0 atom stereocenters. The minimum Gasteiger partial charge on any atom is -0.494 e. The second-order valence-corrected chi connectivity index (χ2v) is 6.96. The number of benzene rings is 1. The van der Waals surface area contributed by atoms with E-state index in [0.717, 1.165) is 50.0 Å². The lowest BCUT2D eigenvalue weighted by atomic mass is 10.2. The van der Waals surface area contributed by atoms with Crippen LogP contribution in [0.3, 0.4) is 0 Å². The molecule has 0 aliphatic rings. The van der Waals surface area contributed by atoms with Crippen molar-refractivity contribution in [1.29, 1.82) is 0 Å². The molecule has 152 valence electrons. The maximum atomic E-state index is 11.8. The number of unbranched alkanes of at least 4 members (excludes halogenated alkanes) is 6. The number of nitrogens with zero attached hydrogens (tertiary/aromatic N) is 2. The van der Waals surface area contributed by atoms with Crippen molar-refractivity contribution < 1.29 is 14.3 Å². The zero-order valence-corrected chi connectivity index (χ0v) is 17.2. The van der Waals surface area contributed by atoms with Crippen molar-refractivity contribution in [1.82, 2.24) is 9.97 Å². The van der Waals surface area contributed by atoms with Gasteiger partial charge >= 0.3 is 5.97 Å². The zero-order valence-electron chi connectivity index (χ0n) is 17.2. The van der Waals surface area contributed by atoms with E-state index in [1.165, 1.54) is 19.3 Å². The van der Waals surface area contributed by atoms with Crippen LogP contribution in [0.4, 0.5) is 0 Å². The predicted molar refractivity (Wildman–Crippen MR) is 111 cm³/mol. The first-order valence-electron chi connectivity index (χ1n) is 10.5. The van der Waals surface area contributed by atoms with E-state index in [-0.39, 0.29) is 5.97 Å². The Kier molecular flexibility index (Phi) is 10.0. The van der Waals surface area contributed by atoms with Gasteiger partial charge in [-0.25, -0.2) is 9.97 Å². The van der Waals surface area contributed by atoms with E-state index < -0.39 is 0 Å². The average molecular weight is 385 g/mol. The predicted octanol–water partition coefficient (Wildman–Crippen LogP) is 5.98. The molecule has 2 aromatic rings. The Hall–Kier alpha value is -2.43. The van der Waals surface area contributed by atoms with Gasteiger partial charge in [-0.3, -0.25) is 4.79 Å². The largest absolute Gasteiger partial charge is 0.494 e. The van der Waals surface area contributed by atoms with Crippen LogP contribution in [0.1, 0.15) is 71.6 Å². The van der Waals surface area contributed by atoms with Gasteiger partial charge < -0.3 is 9.47 Å². The summed E-state index contributed by atoms with van der Waals surface area (Å²) >= 11 is 0. The molecule has 5 heteroatoms. The first-order chi connectivity index (χ1) is 13.7. The van der Waals surface area contributed by atoms with Crippen LogP contribution in [0.2, 0.25) is 0 Å². The minimum atomic E-state index is -0.229. The number of hydrogen-bond donors (Lipinski definition) is 0. The molecular formula is C23H32N2O3. The second-order valence-electron chi connectivity index (χ2n) is 6.96. The standard InChI is InChI=1S/C23H32N2O3/c1-3-5-7-9-11-22(26)28-21-17-24-23(25-18-21)19-12-14-20(15-13-19)27-16-10-8-6-4-2/h12-15,17-18H,3-11,16H2,1-2H3. The van der Waals surface area contributed by atoms with E-state index in [1.807, 2.05) is 24.3 Å². The Bertz CT molecular complexity index is 684. The van der Waals surface area contributed by atoms with Crippen molar-refractivity contribution in [3.8, 4) is 22.9 Å². The number of esters is 1. The van der Waals surface area contributed by atoms with Crippen LogP contribution in [0.15, 0.2) is 36.7 Å². The summed E-state index contributed by atoms with van der Waals surface area (Å²) in [6.45, 7) is 5.09. The van der Waals surface area contributed by atoms with E-state index in [0.29, 0.717) is 18.0 Å². The third-order valence-electron chi connectivity index (χ3n) is 4.47. The molecule has 28 heavy (non-hydrogen) atoms. The number of rotatable bonds is 13. The highest BCUT2D eigenvalue weighted by Crippen LogP contribution is 2.21. The monoisotopic (exact) mass is 384 g/mol. The molecule has 0 spiro atoms. The lowest BCUT2D eigenvalue weighted by molar-refractivity contribution is -0.134. The molecule has 0 aliphatic heterocycles. The van der Waals surface area contributed by atoms with Crippen LogP contribution in [-0.2, 0) is 4.79 Å². The summed E-state index contributed by atoms with van der Waals surface area (Å²) in [6.07, 6.45) is 12.5. The number of carbonyl (C=O) groups is 1. The Morgan fingerprint density at radius 1 is 0.821 bits per heavy atom. The molecule has 1 aromatic carbocycles. The Morgan fingerprint density at radius 3 is 2.11 bits per heavy atom. The second kappa shape index (κ2) is 12.9. The van der Waals surface area contributed by atoms with E-state index in [2.05, 4.69) is 23.8 Å². The first-order valence-corrected chi connectivity index (χ1v) is 10.5. The number of ether oxygens (including phenoxy) is 2. The highest BCUT2D eigenvalue weighted by Gasteiger charge is 2.07. The van der Waals surface area contributed by atoms with E-state index in [1.54, 1.807) is 12.4 Å². The van der Waals surface area contributed by atoms with Crippen LogP contribution in [0, 0.1) is 0 Å². The molecule has 0 saturated heterocycles. The van der Waals surface area contributed by atoms with Gasteiger partial charge in [-0.2, -0.15) is 0 Å². The summed E-state index contributed by atoms with van der Waals surface area (Å²) in [5, 5.41) is 0. The summed E-state index contributed by atoms with van der Waals surface area (Å²) < 4.78 is 11.0. The average Bonchev–Trinajstić information content (AvgIpc) is 2.72. The van der Waals surface area contributed by atoms with Crippen LogP contribution in [0.25, 0.3) is 11.4 Å². The molecule has 0 aliphatic carbocycles. The van der Waals surface area contributed by atoms with Gasteiger partial charge in [0.05, 0.1) is 19.0 Å². The Balaban J connectivity index is 1.79. The van der Waals surface area contributed by atoms with Crippen molar-refractivity contribution in [3.63, 3.8) is 0 Å². The first kappa shape index (κ1) is 21.9. The van der Waals surface area contributed by atoms with Crippen molar-refractivity contribution >= 4 is 5.97 Å². The zero-order chi connectivity index (χ0) is 20.0. The van der Waals surface area contributed by atoms with Gasteiger partial charge in [0, 0.05) is 12.0 Å². The maximum absolute atomic E-state index is 11.8. The summed E-state index contributed by atoms with van der Waals surface area (Å²) in [7, 11) is 0. The van der Waals surface area contributed by atoms with Crippen LogP contribution in [-0.4, -0.2) is 22.5 Å². The molecule has 2 rings (SSSR count). The Morgan fingerprint density at radius 2 is 1.46 bits per heavy atom. The van der Waals surface area contributed by atoms with Crippen LogP contribution < -0.4 is 9.47 Å². The molecule has 0 amide bonds. The Labute approximate surface area is 168 Å². The van der Waals surface area contributed by atoms with E-state index in [9.17, 15) is 4.79 Å². The highest BCUT2D eigenvalue weighted by molar-refractivity contribution is 5.72. The van der Waals surface area contributed by atoms with Gasteiger partial charge in [0.15, 0.2) is 11.6 Å². The molecule has 1 aromatic heterocycles. The third kappa shape index (κ3) is 8.07. The summed E-state index contributed by atoms with van der Waals surface area (Å²) in [5.74, 6) is 1.61. The SMILES string of the molecule is CCCCCCOc1ccc(-c2ncc(OC(=O)CCCCCC)cn2)cc1. The van der Waals surface area contributed by atoms with Gasteiger partial charge in [-0.05, 0) is 37.1 Å². The number of hydrogen-bond acceptors (Lipinski definition) is 5. The molecule has 0 fully saturated rings. The molecule has 0 radical (unpaired) electrons. The highest BCUT2D eigenvalue weighted by atomic mass is 16.5. The van der Waals surface area contributed by atoms with Gasteiger partial charge in [-0.15, -0.1) is 0 Å². The van der Waals surface area contributed by atoms with Crippen molar-refractivity contribution in [3.05, 3.63) is 36.7 Å². The quantitative estimate of drug-likeness (QED) is 0.314. The molecule has 1 heterocycles. The van der Waals surface area contributed by atoms with Crippen LogP contribution in [0.5, 0.6) is 11.5 Å². The summed E-state index contributed by atoms with van der Waals surface area (Å²) in [5.41, 5.74) is 0.899. The minimum absolute atomic E-state index is 0.229. The number of aromatic nitrogens is 2. The van der Waals surface area contributed by atoms with Gasteiger partial charge in [-0.1, -0.05) is 52.4 Å². The molecule has 0 saturated carbocycles. The number of carbonyl (C=O) groups excluding carboxylic acids is 1. The van der Waals surface area contributed by atoms with Gasteiger partial charge in [0.1, 0.15) is 5.75 Å². The summed E-state index contributed by atoms with van der Waals surface area (Å²) in [6, 6.07) is 7.75. The maximum Gasteiger partial charge on any atom is 0.311 e. The fraction of sp³-hybridized carbons (Fsp3) is 0.522. The molecule has 0 bridgehead atoms. The van der Waals surface area contributed by atoms with Gasteiger partial charge in [0.25, 0.3) is 0 Å². The molecule has 5 nitrogen and oxygen atoms in total. The molecular weight excluding hydrogens is 352 g/mol. The van der Waals surface area contributed by atoms with E-state index >= 15 is 0 Å². The third-order valence-corrected chi connectivity index (χ3v) is 4.47. The van der Waals surface area contributed by atoms with Crippen molar-refractivity contribution in [2.24, 2.45) is 0 Å². The van der Waals surface area contributed by atoms with Crippen molar-refractivity contribution in [2.45, 2.75) is 71.6 Å².